The summed E-state index contributed by atoms with van der Waals surface area (Å²) in [5.41, 5.74) is 2.48. The van der Waals surface area contributed by atoms with Gasteiger partial charge in [-0.3, -0.25) is 4.79 Å². The third-order valence-corrected chi connectivity index (χ3v) is 4.72. The number of amides is 1. The van der Waals surface area contributed by atoms with Gasteiger partial charge < -0.3 is 9.88 Å². The highest BCUT2D eigenvalue weighted by molar-refractivity contribution is 7.13. The maximum Gasteiger partial charge on any atom is 0.270 e. The Morgan fingerprint density at radius 1 is 1.12 bits per heavy atom. The summed E-state index contributed by atoms with van der Waals surface area (Å²) in [5.74, 6) is 0.349. The minimum absolute atomic E-state index is 0.182. The molecule has 0 spiro atoms. The van der Waals surface area contributed by atoms with Gasteiger partial charge in [0.2, 0.25) is 0 Å². The quantitative estimate of drug-likeness (QED) is 0.532. The van der Waals surface area contributed by atoms with Crippen molar-refractivity contribution in [2.45, 2.75) is 13.0 Å². The average molecular weight is 364 g/mol. The van der Waals surface area contributed by atoms with Gasteiger partial charge in [0.05, 0.1) is 17.4 Å². The van der Waals surface area contributed by atoms with Crippen LogP contribution in [-0.2, 0) is 6.54 Å². The lowest BCUT2D eigenvalue weighted by Crippen LogP contribution is -2.25. The zero-order valence-corrected chi connectivity index (χ0v) is 14.7. The Morgan fingerprint density at radius 3 is 2.85 bits per heavy atom. The number of para-hydroxylation sites is 2. The van der Waals surface area contributed by atoms with E-state index in [4.69, 9.17) is 0 Å². The first-order valence-electron chi connectivity index (χ1n) is 8.22. The molecular formula is C18H16N6OS. The van der Waals surface area contributed by atoms with Gasteiger partial charge in [0.15, 0.2) is 10.8 Å². The number of carbonyl (C=O) groups is 1. The monoisotopic (exact) mass is 364 g/mol. The normalized spacial score (nSPS) is 10.9. The number of aromatic nitrogens is 5. The molecule has 130 valence electrons. The van der Waals surface area contributed by atoms with E-state index in [9.17, 15) is 4.79 Å². The van der Waals surface area contributed by atoms with Crippen molar-refractivity contribution in [1.29, 1.82) is 0 Å². The number of aryl methyl sites for hydroxylation is 1. The fourth-order valence-corrected chi connectivity index (χ4v) is 3.37. The molecule has 4 aromatic rings. The molecule has 0 aliphatic heterocycles. The molecule has 7 nitrogen and oxygen atoms in total. The minimum Gasteiger partial charge on any atom is -0.351 e. The molecule has 8 heteroatoms. The van der Waals surface area contributed by atoms with Crippen LogP contribution in [0.1, 0.15) is 16.9 Å². The van der Waals surface area contributed by atoms with E-state index in [1.54, 1.807) is 23.8 Å². The molecule has 0 atom stereocenters. The third kappa shape index (κ3) is 3.45. The predicted octanol–water partition coefficient (Wildman–Crippen LogP) is 2.77. The summed E-state index contributed by atoms with van der Waals surface area (Å²) >= 11 is 1.36. The molecule has 3 aromatic heterocycles. The second-order valence-corrected chi connectivity index (χ2v) is 6.50. The van der Waals surface area contributed by atoms with E-state index in [0.717, 1.165) is 24.0 Å². The minimum atomic E-state index is -0.182. The number of fused-ring (bicyclic) bond motifs is 1. The third-order valence-electron chi connectivity index (χ3n) is 3.88. The second kappa shape index (κ2) is 7.40. The molecule has 4 rings (SSSR count). The molecule has 0 aliphatic rings. The Labute approximate surface area is 153 Å². The van der Waals surface area contributed by atoms with Crippen molar-refractivity contribution < 1.29 is 4.79 Å². The number of rotatable bonds is 6. The largest absolute Gasteiger partial charge is 0.351 e. The van der Waals surface area contributed by atoms with Gasteiger partial charge in [-0.25, -0.2) is 19.9 Å². The van der Waals surface area contributed by atoms with Crippen LogP contribution in [0.4, 0.5) is 0 Å². The molecule has 1 N–H and O–H groups in total. The first-order chi connectivity index (χ1) is 12.8. The summed E-state index contributed by atoms with van der Waals surface area (Å²) in [5, 5.41) is 5.27. The van der Waals surface area contributed by atoms with E-state index >= 15 is 0 Å². The van der Waals surface area contributed by atoms with Crippen LogP contribution >= 0.6 is 11.3 Å². The first-order valence-corrected chi connectivity index (χ1v) is 9.10. The number of hydrogen-bond donors (Lipinski definition) is 1. The van der Waals surface area contributed by atoms with Crippen molar-refractivity contribution in [1.82, 2.24) is 29.8 Å². The van der Waals surface area contributed by atoms with Crippen molar-refractivity contribution in [3.8, 4) is 10.8 Å². The van der Waals surface area contributed by atoms with E-state index in [2.05, 4.69) is 29.8 Å². The number of nitrogens with one attached hydrogen (secondary N) is 1. The van der Waals surface area contributed by atoms with Crippen LogP contribution in [0.15, 0.2) is 54.4 Å². The van der Waals surface area contributed by atoms with Gasteiger partial charge in [0.1, 0.15) is 5.69 Å². The van der Waals surface area contributed by atoms with Crippen molar-refractivity contribution in [3.63, 3.8) is 0 Å². The van der Waals surface area contributed by atoms with Crippen LogP contribution < -0.4 is 5.32 Å². The van der Waals surface area contributed by atoms with Crippen LogP contribution in [0.5, 0.6) is 0 Å². The summed E-state index contributed by atoms with van der Waals surface area (Å²) < 4.78 is 2.09. The van der Waals surface area contributed by atoms with Gasteiger partial charge in [0, 0.05) is 30.9 Å². The van der Waals surface area contributed by atoms with Crippen molar-refractivity contribution in [2.75, 3.05) is 6.54 Å². The Hall–Kier alpha value is -3.13. The van der Waals surface area contributed by atoms with Crippen LogP contribution in [0.2, 0.25) is 0 Å². The topological polar surface area (TPSA) is 85.6 Å². The molecule has 3 heterocycles. The summed E-state index contributed by atoms with van der Waals surface area (Å²) in [6.45, 7) is 1.36. The van der Waals surface area contributed by atoms with Crippen molar-refractivity contribution in [2.24, 2.45) is 0 Å². The molecule has 0 fully saturated rings. The SMILES string of the molecule is O=C(NCCCn1cnc2ccccc21)c1csc(-c2ncccn2)n1. The Kier molecular flexibility index (Phi) is 4.65. The highest BCUT2D eigenvalue weighted by Crippen LogP contribution is 2.19. The van der Waals surface area contributed by atoms with Gasteiger partial charge in [-0.05, 0) is 24.6 Å². The predicted molar refractivity (Wildman–Crippen MR) is 99.8 cm³/mol. The molecular weight excluding hydrogens is 348 g/mol. The number of imidazole rings is 1. The zero-order chi connectivity index (χ0) is 17.8. The number of nitrogens with zero attached hydrogens (tertiary/aromatic N) is 5. The molecule has 1 aromatic carbocycles. The molecule has 0 radical (unpaired) electrons. The molecule has 0 bridgehead atoms. The highest BCUT2D eigenvalue weighted by Gasteiger charge is 2.12. The lowest BCUT2D eigenvalue weighted by atomic mass is 10.3. The number of hydrogen-bond acceptors (Lipinski definition) is 6. The van der Waals surface area contributed by atoms with E-state index < -0.39 is 0 Å². The average Bonchev–Trinajstić information content (AvgIpc) is 3.33. The zero-order valence-electron chi connectivity index (χ0n) is 13.9. The number of carbonyl (C=O) groups excluding carboxylic acids is 1. The molecule has 1 amide bonds. The lowest BCUT2D eigenvalue weighted by Gasteiger charge is -2.05. The smallest absolute Gasteiger partial charge is 0.270 e. The fraction of sp³-hybridized carbons (Fsp3) is 0.167. The Balaban J connectivity index is 1.31. The molecule has 0 aliphatic carbocycles. The summed E-state index contributed by atoms with van der Waals surface area (Å²) in [4.78, 5) is 29.2. The Morgan fingerprint density at radius 2 is 1.96 bits per heavy atom. The molecule has 26 heavy (non-hydrogen) atoms. The molecule has 0 saturated carbocycles. The van der Waals surface area contributed by atoms with Gasteiger partial charge in [-0.1, -0.05) is 12.1 Å². The molecule has 0 saturated heterocycles. The summed E-state index contributed by atoms with van der Waals surface area (Å²) in [6, 6.07) is 9.75. The first kappa shape index (κ1) is 16.3. The van der Waals surface area contributed by atoms with E-state index in [-0.39, 0.29) is 5.91 Å². The van der Waals surface area contributed by atoms with Gasteiger partial charge in [-0.15, -0.1) is 11.3 Å². The maximum atomic E-state index is 12.2. The van der Waals surface area contributed by atoms with E-state index in [0.29, 0.717) is 23.1 Å². The van der Waals surface area contributed by atoms with Crippen LogP contribution in [0.3, 0.4) is 0 Å². The number of thiazole rings is 1. The summed E-state index contributed by atoms with van der Waals surface area (Å²) in [6.07, 6.45) is 5.95. The lowest BCUT2D eigenvalue weighted by molar-refractivity contribution is 0.0948. The Bertz CT molecular complexity index is 1030. The second-order valence-electron chi connectivity index (χ2n) is 5.65. The van der Waals surface area contributed by atoms with Crippen molar-refractivity contribution >= 4 is 28.3 Å². The fourth-order valence-electron chi connectivity index (χ4n) is 2.62. The van der Waals surface area contributed by atoms with Gasteiger partial charge in [-0.2, -0.15) is 0 Å². The highest BCUT2D eigenvalue weighted by atomic mass is 32.1. The summed E-state index contributed by atoms with van der Waals surface area (Å²) in [7, 11) is 0. The molecule has 0 unspecified atom stereocenters. The van der Waals surface area contributed by atoms with Gasteiger partial charge >= 0.3 is 0 Å². The standard InChI is InChI=1S/C18H16N6OS/c25-17(14-11-26-18(23-14)16-19-7-3-8-20-16)21-9-4-10-24-12-22-13-5-1-2-6-15(13)24/h1-3,5-8,11-12H,4,9-10H2,(H,21,25). The van der Waals surface area contributed by atoms with Crippen molar-refractivity contribution in [3.05, 3.63) is 60.1 Å². The maximum absolute atomic E-state index is 12.2. The van der Waals surface area contributed by atoms with E-state index in [1.165, 1.54) is 11.3 Å². The van der Waals surface area contributed by atoms with Gasteiger partial charge in [0.25, 0.3) is 5.91 Å². The van der Waals surface area contributed by atoms with E-state index in [1.807, 2.05) is 30.6 Å². The van der Waals surface area contributed by atoms with Crippen LogP contribution in [-0.4, -0.2) is 37.0 Å². The van der Waals surface area contributed by atoms with Crippen LogP contribution in [0.25, 0.3) is 21.9 Å². The van der Waals surface area contributed by atoms with Crippen LogP contribution in [0, 0.1) is 0 Å². The number of benzene rings is 1.